The zero-order chi connectivity index (χ0) is 13.8. The van der Waals surface area contributed by atoms with Gasteiger partial charge in [-0.2, -0.15) is 0 Å². The molecule has 0 radical (unpaired) electrons. The molecule has 20 heavy (non-hydrogen) atoms. The van der Waals surface area contributed by atoms with Crippen LogP contribution in [0.1, 0.15) is 43.6 Å². The van der Waals surface area contributed by atoms with Crippen LogP contribution in [-0.2, 0) is 9.53 Å². The highest BCUT2D eigenvalue weighted by atomic mass is 16.5. The standard InChI is InChI=1S/C17H21NO2/c19-16-10-14(13-5-2-1-3-6-13)9-15(11-16)18-12-17-7-4-8-20-17/h1-3,5-6,14,17H,4,7-12H2/p+1/t14-,17-/m1/s1. The second-order valence-corrected chi connectivity index (χ2v) is 5.85. The monoisotopic (exact) mass is 272 g/mol. The van der Waals surface area contributed by atoms with Crippen molar-refractivity contribution in [2.75, 3.05) is 13.2 Å². The first kappa shape index (κ1) is 13.5. The fourth-order valence-corrected chi connectivity index (χ4v) is 3.19. The smallest absolute Gasteiger partial charge is 0.166 e. The van der Waals surface area contributed by atoms with Gasteiger partial charge in [0.25, 0.3) is 0 Å². The zero-order valence-electron chi connectivity index (χ0n) is 11.8. The molecule has 0 amide bonds. The van der Waals surface area contributed by atoms with E-state index in [0.717, 1.165) is 32.4 Å². The molecule has 1 aliphatic carbocycles. The summed E-state index contributed by atoms with van der Waals surface area (Å²) < 4.78 is 5.62. The molecule has 1 aromatic carbocycles. The van der Waals surface area contributed by atoms with Crippen LogP contribution in [0.15, 0.2) is 30.3 Å². The molecule has 1 N–H and O–H groups in total. The first-order valence-corrected chi connectivity index (χ1v) is 7.58. The van der Waals surface area contributed by atoms with Gasteiger partial charge in [-0.15, -0.1) is 0 Å². The van der Waals surface area contributed by atoms with Crippen molar-refractivity contribution >= 4 is 11.5 Å². The molecule has 0 unspecified atom stereocenters. The van der Waals surface area contributed by atoms with Crippen LogP contribution in [0.3, 0.4) is 0 Å². The molecule has 0 aromatic heterocycles. The third-order valence-corrected chi connectivity index (χ3v) is 4.25. The van der Waals surface area contributed by atoms with Gasteiger partial charge in [0.05, 0.1) is 6.42 Å². The quantitative estimate of drug-likeness (QED) is 0.899. The molecular weight excluding hydrogens is 250 g/mol. The molecule has 2 atom stereocenters. The van der Waals surface area contributed by atoms with Gasteiger partial charge in [-0.25, -0.2) is 4.99 Å². The van der Waals surface area contributed by atoms with Crippen molar-refractivity contribution < 1.29 is 14.5 Å². The van der Waals surface area contributed by atoms with E-state index in [9.17, 15) is 4.79 Å². The van der Waals surface area contributed by atoms with E-state index < -0.39 is 0 Å². The molecule has 106 valence electrons. The van der Waals surface area contributed by atoms with Gasteiger partial charge >= 0.3 is 0 Å². The molecule has 2 aliphatic rings. The number of carbonyl (C=O) groups excluding carboxylic acids is 1. The molecule has 3 rings (SSSR count). The largest absolute Gasteiger partial charge is 0.372 e. The third kappa shape index (κ3) is 3.34. The predicted octanol–water partition coefficient (Wildman–Crippen LogP) is 1.22. The van der Waals surface area contributed by atoms with Crippen molar-refractivity contribution in [1.82, 2.24) is 0 Å². The van der Waals surface area contributed by atoms with E-state index >= 15 is 0 Å². The van der Waals surface area contributed by atoms with Gasteiger partial charge < -0.3 is 4.74 Å². The molecule has 1 aromatic rings. The average molecular weight is 272 g/mol. The number of benzene rings is 1. The highest BCUT2D eigenvalue weighted by Gasteiger charge is 2.29. The van der Waals surface area contributed by atoms with Crippen molar-refractivity contribution in [3.8, 4) is 0 Å². The first-order chi connectivity index (χ1) is 9.81. The molecule has 3 heteroatoms. The topological polar surface area (TPSA) is 40.3 Å². The third-order valence-electron chi connectivity index (χ3n) is 4.25. The van der Waals surface area contributed by atoms with Crippen LogP contribution in [0.4, 0.5) is 0 Å². The van der Waals surface area contributed by atoms with E-state index in [1.165, 1.54) is 11.3 Å². The Morgan fingerprint density at radius 2 is 2.05 bits per heavy atom. The molecule has 0 bridgehead atoms. The van der Waals surface area contributed by atoms with E-state index in [1.54, 1.807) is 0 Å². The first-order valence-electron chi connectivity index (χ1n) is 7.58. The predicted molar refractivity (Wildman–Crippen MR) is 77.9 cm³/mol. The summed E-state index contributed by atoms with van der Waals surface area (Å²) in [5.41, 5.74) is 2.46. The van der Waals surface area contributed by atoms with E-state index in [4.69, 9.17) is 4.74 Å². The van der Waals surface area contributed by atoms with Crippen molar-refractivity contribution in [1.29, 1.82) is 0 Å². The lowest BCUT2D eigenvalue weighted by Crippen LogP contribution is -2.76. The summed E-state index contributed by atoms with van der Waals surface area (Å²) in [6.45, 7) is 1.73. The van der Waals surface area contributed by atoms with Gasteiger partial charge in [0.2, 0.25) is 0 Å². The fourth-order valence-electron chi connectivity index (χ4n) is 3.19. The van der Waals surface area contributed by atoms with Crippen molar-refractivity contribution in [3.05, 3.63) is 35.9 Å². The minimum atomic E-state index is 0.328. The normalized spacial score (nSPS) is 29.0. The Bertz CT molecular complexity index is 489. The summed E-state index contributed by atoms with van der Waals surface area (Å²) in [5, 5.41) is 0. The Labute approximate surface area is 120 Å². The summed E-state index contributed by atoms with van der Waals surface area (Å²) in [6.07, 6.45) is 4.87. The van der Waals surface area contributed by atoms with Gasteiger partial charge in [0.15, 0.2) is 12.3 Å². The maximum atomic E-state index is 12.0. The second-order valence-electron chi connectivity index (χ2n) is 5.85. The van der Waals surface area contributed by atoms with Crippen LogP contribution in [0.5, 0.6) is 0 Å². The molecule has 1 aliphatic heterocycles. The average Bonchev–Trinajstić information content (AvgIpc) is 2.99. The van der Waals surface area contributed by atoms with Crippen molar-refractivity contribution in [2.24, 2.45) is 0 Å². The minimum absolute atomic E-state index is 0.328. The number of hydrogen-bond donors (Lipinski definition) is 1. The molecule has 1 saturated carbocycles. The lowest BCUT2D eigenvalue weighted by Gasteiger charge is -2.20. The van der Waals surface area contributed by atoms with Crippen molar-refractivity contribution in [2.45, 2.75) is 44.1 Å². The van der Waals surface area contributed by atoms with E-state index in [2.05, 4.69) is 17.1 Å². The maximum Gasteiger partial charge on any atom is 0.166 e. The number of Topliss-reactive ketones (excluding diaryl/α,β-unsaturated/α-hetero) is 1. The van der Waals surface area contributed by atoms with Crippen LogP contribution >= 0.6 is 0 Å². The van der Waals surface area contributed by atoms with Crippen molar-refractivity contribution in [3.63, 3.8) is 0 Å². The molecule has 3 nitrogen and oxygen atoms in total. The fraction of sp³-hybridized carbons (Fsp3) is 0.529. The number of rotatable bonds is 3. The molecular formula is C17H22NO2+. The summed E-state index contributed by atoms with van der Waals surface area (Å²) in [4.78, 5) is 15.4. The molecule has 1 heterocycles. The Morgan fingerprint density at radius 1 is 1.20 bits per heavy atom. The summed E-state index contributed by atoms with van der Waals surface area (Å²) in [6, 6.07) is 10.4. The van der Waals surface area contributed by atoms with Gasteiger partial charge in [0.1, 0.15) is 11.9 Å². The van der Waals surface area contributed by atoms with E-state index in [1.807, 2.05) is 18.2 Å². The van der Waals surface area contributed by atoms with Gasteiger partial charge in [-0.3, -0.25) is 4.79 Å². The number of ketones is 1. The Kier molecular flexibility index (Phi) is 4.26. The minimum Gasteiger partial charge on any atom is -0.372 e. The lowest BCUT2D eigenvalue weighted by atomic mass is 9.82. The van der Waals surface area contributed by atoms with Crippen LogP contribution < -0.4 is 4.99 Å². The zero-order valence-corrected chi connectivity index (χ0v) is 11.8. The molecule has 0 spiro atoms. The number of ether oxygens (including phenoxy) is 1. The summed E-state index contributed by atoms with van der Waals surface area (Å²) in [7, 11) is 0. The SMILES string of the molecule is O=C1CC(=[NH+]C[C@H]2CCCO2)C[C@@H](c2ccccc2)C1. The second kappa shape index (κ2) is 6.31. The van der Waals surface area contributed by atoms with Gasteiger partial charge in [-0.05, 0) is 18.4 Å². The molecule has 1 saturated heterocycles. The van der Waals surface area contributed by atoms with E-state index in [0.29, 0.717) is 30.6 Å². The number of hydrogen-bond acceptors (Lipinski definition) is 2. The van der Waals surface area contributed by atoms with Gasteiger partial charge in [-0.1, -0.05) is 30.3 Å². The Morgan fingerprint density at radius 3 is 2.80 bits per heavy atom. The van der Waals surface area contributed by atoms with E-state index in [-0.39, 0.29) is 0 Å². The van der Waals surface area contributed by atoms with Crippen LogP contribution in [0, 0.1) is 0 Å². The van der Waals surface area contributed by atoms with Crippen LogP contribution in [-0.4, -0.2) is 30.8 Å². The lowest BCUT2D eigenvalue weighted by molar-refractivity contribution is -0.471. The van der Waals surface area contributed by atoms with Gasteiger partial charge in [0, 0.05) is 25.4 Å². The number of carbonyl (C=O) groups is 1. The highest BCUT2D eigenvalue weighted by Crippen LogP contribution is 2.28. The number of nitrogens with one attached hydrogen (secondary N) is 1. The highest BCUT2D eigenvalue weighted by molar-refractivity contribution is 6.02. The maximum absolute atomic E-state index is 12.0. The Balaban J connectivity index is 1.66. The Hall–Kier alpha value is -1.48. The summed E-state index contributed by atoms with van der Waals surface area (Å²) >= 11 is 0. The summed E-state index contributed by atoms with van der Waals surface area (Å²) in [5.74, 6) is 0.685. The molecule has 2 fully saturated rings. The van der Waals surface area contributed by atoms with Crippen LogP contribution in [0.2, 0.25) is 0 Å². The van der Waals surface area contributed by atoms with Crippen LogP contribution in [0.25, 0.3) is 0 Å².